The van der Waals surface area contributed by atoms with Gasteiger partial charge in [-0.15, -0.1) is 0 Å². The van der Waals surface area contributed by atoms with Gasteiger partial charge >= 0.3 is 0 Å². The van der Waals surface area contributed by atoms with Gasteiger partial charge in [0.25, 0.3) is 5.56 Å². The Morgan fingerprint density at radius 2 is 2.07 bits per heavy atom. The molecule has 1 aromatic carbocycles. The highest BCUT2D eigenvalue weighted by molar-refractivity contribution is 5.17. The van der Waals surface area contributed by atoms with E-state index in [4.69, 9.17) is 0 Å². The van der Waals surface area contributed by atoms with Crippen molar-refractivity contribution in [2.45, 2.75) is 6.54 Å². The summed E-state index contributed by atoms with van der Waals surface area (Å²) in [6.45, 7) is 0.342. The van der Waals surface area contributed by atoms with Gasteiger partial charge in [0.1, 0.15) is 5.82 Å². The van der Waals surface area contributed by atoms with E-state index < -0.39 is 0 Å². The zero-order valence-corrected chi connectivity index (χ0v) is 7.40. The third-order valence-electron chi connectivity index (χ3n) is 1.96. The highest BCUT2D eigenvalue weighted by atomic mass is 19.1. The molecule has 0 saturated heterocycles. The molecular weight excluding hydrogens is 183 g/mol. The molecule has 2 aromatic rings. The zero-order chi connectivity index (χ0) is 9.97. The predicted octanol–water partition coefficient (Wildman–Crippen LogP) is 1.36. The number of nitrogens with zero attached hydrogens (tertiary/aromatic N) is 1. The molecule has 0 aliphatic carbocycles. The van der Waals surface area contributed by atoms with Gasteiger partial charge in [-0.25, -0.2) is 4.39 Å². The van der Waals surface area contributed by atoms with E-state index in [1.54, 1.807) is 29.1 Å². The molecule has 0 amide bonds. The fraction of sp³-hybridized carbons (Fsp3) is 0.100. The van der Waals surface area contributed by atoms with Crippen molar-refractivity contribution < 1.29 is 4.39 Å². The summed E-state index contributed by atoms with van der Waals surface area (Å²) in [5.41, 5.74) is 0.376. The number of benzene rings is 1. The van der Waals surface area contributed by atoms with Gasteiger partial charge in [0, 0.05) is 17.8 Å². The van der Waals surface area contributed by atoms with E-state index in [1.165, 1.54) is 12.1 Å². The molecule has 1 heterocycles. The summed E-state index contributed by atoms with van der Waals surface area (Å²) in [6.07, 6.45) is 1.59. The van der Waals surface area contributed by atoms with Crippen molar-refractivity contribution in [3.05, 3.63) is 58.3 Å². The van der Waals surface area contributed by atoms with Crippen molar-refractivity contribution in [1.82, 2.24) is 9.78 Å². The normalized spacial score (nSPS) is 10.4. The first-order valence-corrected chi connectivity index (χ1v) is 4.24. The molecule has 1 N–H and O–H groups in total. The van der Waals surface area contributed by atoms with Gasteiger partial charge in [-0.1, -0.05) is 18.2 Å². The smallest absolute Gasteiger partial charge is 0.264 e. The molecule has 0 aliphatic rings. The topological polar surface area (TPSA) is 37.8 Å². The maximum absolute atomic E-state index is 13.2. The van der Waals surface area contributed by atoms with Crippen LogP contribution >= 0.6 is 0 Å². The Kier molecular flexibility index (Phi) is 2.18. The summed E-state index contributed by atoms with van der Waals surface area (Å²) < 4.78 is 14.7. The zero-order valence-electron chi connectivity index (χ0n) is 7.40. The Balaban J connectivity index is 2.27. The molecule has 14 heavy (non-hydrogen) atoms. The van der Waals surface area contributed by atoms with Crippen molar-refractivity contribution in [2.24, 2.45) is 0 Å². The minimum absolute atomic E-state index is 0.179. The molecule has 0 spiro atoms. The van der Waals surface area contributed by atoms with E-state index in [-0.39, 0.29) is 11.4 Å². The van der Waals surface area contributed by atoms with Crippen molar-refractivity contribution in [1.29, 1.82) is 0 Å². The van der Waals surface area contributed by atoms with Gasteiger partial charge in [0.2, 0.25) is 0 Å². The van der Waals surface area contributed by atoms with Crippen molar-refractivity contribution in [2.75, 3.05) is 0 Å². The standard InChI is InChI=1S/C10H9FN2O/c11-9-4-2-1-3-8(9)7-13-6-5-10(14)12-13/h1-6H,7H2,(H,12,14). The van der Waals surface area contributed by atoms with Gasteiger partial charge in [-0.2, -0.15) is 0 Å². The largest absolute Gasteiger partial charge is 0.288 e. The molecular formula is C10H9FN2O. The maximum Gasteiger partial charge on any atom is 0.264 e. The first kappa shape index (κ1) is 8.74. The quantitative estimate of drug-likeness (QED) is 0.766. The van der Waals surface area contributed by atoms with Crippen LogP contribution in [-0.2, 0) is 6.54 Å². The molecule has 0 saturated carbocycles. The predicted molar refractivity (Wildman–Crippen MR) is 50.6 cm³/mol. The van der Waals surface area contributed by atoms with Gasteiger partial charge in [0.05, 0.1) is 6.54 Å². The molecule has 2 rings (SSSR count). The second kappa shape index (κ2) is 3.49. The molecule has 4 heteroatoms. The highest BCUT2D eigenvalue weighted by Gasteiger charge is 2.00. The number of aromatic nitrogens is 2. The summed E-state index contributed by atoms with van der Waals surface area (Å²) in [6, 6.07) is 7.89. The van der Waals surface area contributed by atoms with Crippen LogP contribution in [0, 0.1) is 5.82 Å². The SMILES string of the molecule is O=c1ccn(Cc2ccccc2F)[nH]1. The fourth-order valence-corrected chi connectivity index (χ4v) is 1.28. The lowest BCUT2D eigenvalue weighted by molar-refractivity contribution is 0.584. The number of H-pyrrole nitrogens is 1. The molecule has 3 nitrogen and oxygen atoms in total. The minimum Gasteiger partial charge on any atom is -0.288 e. The van der Waals surface area contributed by atoms with Crippen LogP contribution in [0.2, 0.25) is 0 Å². The van der Waals surface area contributed by atoms with Crippen LogP contribution in [0.5, 0.6) is 0 Å². The van der Waals surface area contributed by atoms with E-state index in [0.717, 1.165) is 0 Å². The summed E-state index contributed by atoms with van der Waals surface area (Å²) in [7, 11) is 0. The van der Waals surface area contributed by atoms with Crippen LogP contribution in [0.4, 0.5) is 4.39 Å². The summed E-state index contributed by atoms with van der Waals surface area (Å²) in [5.74, 6) is -0.262. The Hall–Kier alpha value is -1.84. The summed E-state index contributed by atoms with van der Waals surface area (Å²) >= 11 is 0. The van der Waals surface area contributed by atoms with Gasteiger partial charge in [-0.05, 0) is 6.07 Å². The van der Waals surface area contributed by atoms with Crippen LogP contribution in [0.3, 0.4) is 0 Å². The third-order valence-corrected chi connectivity index (χ3v) is 1.96. The Morgan fingerprint density at radius 3 is 2.71 bits per heavy atom. The average Bonchev–Trinajstić information content (AvgIpc) is 2.56. The van der Waals surface area contributed by atoms with E-state index in [9.17, 15) is 9.18 Å². The number of nitrogens with one attached hydrogen (secondary N) is 1. The fourth-order valence-electron chi connectivity index (χ4n) is 1.28. The molecule has 1 aromatic heterocycles. The number of hydrogen-bond donors (Lipinski definition) is 1. The number of rotatable bonds is 2. The van der Waals surface area contributed by atoms with Crippen molar-refractivity contribution >= 4 is 0 Å². The molecule has 0 unspecified atom stereocenters. The Morgan fingerprint density at radius 1 is 1.29 bits per heavy atom. The minimum atomic E-state index is -0.262. The Labute approximate surface area is 79.8 Å². The number of aromatic amines is 1. The van der Waals surface area contributed by atoms with Crippen LogP contribution in [0.25, 0.3) is 0 Å². The van der Waals surface area contributed by atoms with E-state index in [0.29, 0.717) is 12.1 Å². The second-order valence-electron chi connectivity index (χ2n) is 3.01. The van der Waals surface area contributed by atoms with Crippen LogP contribution in [-0.4, -0.2) is 9.78 Å². The first-order valence-electron chi connectivity index (χ1n) is 4.24. The molecule has 0 bridgehead atoms. The van der Waals surface area contributed by atoms with Gasteiger partial charge in [-0.3, -0.25) is 14.6 Å². The monoisotopic (exact) mass is 192 g/mol. The Bertz CT molecular complexity index is 487. The number of halogens is 1. The summed E-state index contributed by atoms with van der Waals surface area (Å²) in [5, 5.41) is 2.55. The third kappa shape index (κ3) is 1.74. The molecule has 0 fully saturated rings. The van der Waals surface area contributed by atoms with E-state index >= 15 is 0 Å². The van der Waals surface area contributed by atoms with Crippen molar-refractivity contribution in [3.63, 3.8) is 0 Å². The average molecular weight is 192 g/mol. The highest BCUT2D eigenvalue weighted by Crippen LogP contribution is 2.06. The lowest BCUT2D eigenvalue weighted by Crippen LogP contribution is -2.07. The van der Waals surface area contributed by atoms with Gasteiger partial charge < -0.3 is 0 Å². The van der Waals surface area contributed by atoms with Gasteiger partial charge in [0.15, 0.2) is 0 Å². The molecule has 0 aliphatic heterocycles. The summed E-state index contributed by atoms with van der Waals surface area (Å²) in [4.78, 5) is 10.8. The number of hydrogen-bond acceptors (Lipinski definition) is 1. The van der Waals surface area contributed by atoms with E-state index in [1.807, 2.05) is 0 Å². The van der Waals surface area contributed by atoms with Crippen LogP contribution in [0.1, 0.15) is 5.56 Å². The van der Waals surface area contributed by atoms with Crippen LogP contribution in [0.15, 0.2) is 41.3 Å². The maximum atomic E-state index is 13.2. The van der Waals surface area contributed by atoms with E-state index in [2.05, 4.69) is 5.10 Å². The molecule has 0 radical (unpaired) electrons. The van der Waals surface area contributed by atoms with Crippen LogP contribution < -0.4 is 5.56 Å². The lowest BCUT2D eigenvalue weighted by Gasteiger charge is -2.03. The van der Waals surface area contributed by atoms with Crippen molar-refractivity contribution in [3.8, 4) is 0 Å². The lowest BCUT2D eigenvalue weighted by atomic mass is 10.2. The molecule has 0 atom stereocenters. The second-order valence-corrected chi connectivity index (χ2v) is 3.01. The first-order chi connectivity index (χ1) is 6.75. The molecule has 72 valence electrons.